The summed E-state index contributed by atoms with van der Waals surface area (Å²) in [7, 11) is -1.13. The standard InChI is InChI=1S/C20H29N3O3Si/c1-20(2)25-10-9-18(26-20)15-7-6-8-17-19(15)16(13-21)22-23(17)14-24-11-12-27(3,4)5/h6-8,18H,9-12,14H2,1-5H3. The van der Waals surface area contributed by atoms with Crippen LogP contribution in [0.4, 0.5) is 0 Å². The number of hydrogen-bond acceptors (Lipinski definition) is 5. The second-order valence-electron chi connectivity index (χ2n) is 8.69. The Morgan fingerprint density at radius 3 is 2.81 bits per heavy atom. The molecule has 1 aromatic carbocycles. The van der Waals surface area contributed by atoms with Crippen LogP contribution in [0.5, 0.6) is 0 Å². The first-order chi connectivity index (χ1) is 12.7. The number of nitriles is 1. The first-order valence-corrected chi connectivity index (χ1v) is 13.2. The third-order valence-corrected chi connectivity index (χ3v) is 6.43. The molecule has 0 N–H and O–H groups in total. The number of aromatic nitrogens is 2. The van der Waals surface area contributed by atoms with Gasteiger partial charge in [-0.1, -0.05) is 31.8 Å². The molecule has 0 aliphatic carbocycles. The van der Waals surface area contributed by atoms with Crippen LogP contribution in [0, 0.1) is 11.3 Å². The van der Waals surface area contributed by atoms with E-state index < -0.39 is 13.9 Å². The molecule has 1 aliphatic rings. The third-order valence-electron chi connectivity index (χ3n) is 4.73. The topological polar surface area (TPSA) is 69.3 Å². The Hall–Kier alpha value is -1.72. The second kappa shape index (κ2) is 7.72. The molecule has 1 aliphatic heterocycles. The predicted octanol–water partition coefficient (Wildman–Crippen LogP) is 4.43. The molecular formula is C20H29N3O3Si. The Balaban J connectivity index is 1.87. The van der Waals surface area contributed by atoms with E-state index in [0.29, 0.717) is 19.0 Å². The van der Waals surface area contributed by atoms with Crippen LogP contribution in [0.1, 0.15) is 37.6 Å². The van der Waals surface area contributed by atoms with Crippen molar-refractivity contribution in [3.8, 4) is 6.07 Å². The Labute approximate surface area is 162 Å². The second-order valence-corrected chi connectivity index (χ2v) is 14.3. The van der Waals surface area contributed by atoms with Gasteiger partial charge < -0.3 is 14.2 Å². The minimum atomic E-state index is -1.13. The Kier molecular flexibility index (Phi) is 5.73. The summed E-state index contributed by atoms with van der Waals surface area (Å²) >= 11 is 0. The summed E-state index contributed by atoms with van der Waals surface area (Å²) in [6, 6.07) is 9.34. The highest BCUT2D eigenvalue weighted by Gasteiger charge is 2.32. The minimum Gasteiger partial charge on any atom is -0.360 e. The van der Waals surface area contributed by atoms with Crippen molar-refractivity contribution in [1.29, 1.82) is 5.26 Å². The number of fused-ring (bicyclic) bond motifs is 1. The molecule has 3 rings (SSSR count). The Morgan fingerprint density at radius 2 is 2.15 bits per heavy atom. The normalized spacial score (nSPS) is 19.9. The average Bonchev–Trinajstić information content (AvgIpc) is 2.95. The molecule has 1 fully saturated rings. The highest BCUT2D eigenvalue weighted by atomic mass is 28.3. The first-order valence-electron chi connectivity index (χ1n) is 9.49. The SMILES string of the molecule is CC1(C)OCCC(c2cccc3c2c(C#N)nn3COCC[Si](C)(C)C)O1. The van der Waals surface area contributed by atoms with Crippen molar-refractivity contribution >= 4 is 19.0 Å². The highest BCUT2D eigenvalue weighted by molar-refractivity contribution is 6.76. The maximum atomic E-state index is 9.63. The fourth-order valence-corrected chi connectivity index (χ4v) is 4.05. The number of benzene rings is 1. The molecule has 27 heavy (non-hydrogen) atoms. The van der Waals surface area contributed by atoms with Crippen LogP contribution in [0.15, 0.2) is 18.2 Å². The van der Waals surface area contributed by atoms with Gasteiger partial charge in [0.2, 0.25) is 0 Å². The fourth-order valence-electron chi connectivity index (χ4n) is 3.30. The van der Waals surface area contributed by atoms with Crippen LogP contribution in [0.25, 0.3) is 10.9 Å². The van der Waals surface area contributed by atoms with E-state index in [1.165, 1.54) is 0 Å². The van der Waals surface area contributed by atoms with Crippen LogP contribution in [-0.2, 0) is 20.9 Å². The van der Waals surface area contributed by atoms with E-state index in [1.807, 2.05) is 32.0 Å². The maximum Gasteiger partial charge on any atom is 0.170 e. The van der Waals surface area contributed by atoms with Gasteiger partial charge in [0, 0.05) is 26.5 Å². The molecule has 1 atom stereocenters. The largest absolute Gasteiger partial charge is 0.360 e. The first kappa shape index (κ1) is 20.0. The lowest BCUT2D eigenvalue weighted by atomic mass is 9.99. The van der Waals surface area contributed by atoms with E-state index in [9.17, 15) is 5.26 Å². The van der Waals surface area contributed by atoms with Gasteiger partial charge in [-0.3, -0.25) is 0 Å². The Morgan fingerprint density at radius 1 is 1.37 bits per heavy atom. The van der Waals surface area contributed by atoms with Gasteiger partial charge in [0.25, 0.3) is 0 Å². The third kappa shape index (κ3) is 4.77. The summed E-state index contributed by atoms with van der Waals surface area (Å²) in [5.74, 6) is -0.631. The quantitative estimate of drug-likeness (QED) is 0.541. The molecule has 0 bridgehead atoms. The summed E-state index contributed by atoms with van der Waals surface area (Å²) in [6.45, 7) is 12.5. The Bertz CT molecular complexity index is 848. The van der Waals surface area contributed by atoms with Gasteiger partial charge in [-0.25, -0.2) is 4.68 Å². The molecular weight excluding hydrogens is 358 g/mol. The van der Waals surface area contributed by atoms with Crippen molar-refractivity contribution in [3.05, 3.63) is 29.5 Å². The molecule has 1 unspecified atom stereocenters. The molecule has 6 nitrogen and oxygen atoms in total. The summed E-state index contributed by atoms with van der Waals surface area (Å²) in [6.07, 6.45) is 0.640. The molecule has 1 saturated heterocycles. The molecule has 2 heterocycles. The van der Waals surface area contributed by atoms with Gasteiger partial charge >= 0.3 is 0 Å². The number of hydrogen-bond donors (Lipinski definition) is 0. The molecule has 1 aromatic heterocycles. The zero-order valence-electron chi connectivity index (χ0n) is 16.9. The van der Waals surface area contributed by atoms with E-state index in [-0.39, 0.29) is 6.10 Å². The fraction of sp³-hybridized carbons (Fsp3) is 0.600. The van der Waals surface area contributed by atoms with E-state index in [0.717, 1.165) is 35.5 Å². The van der Waals surface area contributed by atoms with E-state index in [4.69, 9.17) is 14.2 Å². The van der Waals surface area contributed by atoms with E-state index in [1.54, 1.807) is 4.68 Å². The van der Waals surface area contributed by atoms with E-state index in [2.05, 4.69) is 30.8 Å². The summed E-state index contributed by atoms with van der Waals surface area (Å²) < 4.78 is 19.4. The summed E-state index contributed by atoms with van der Waals surface area (Å²) in [5.41, 5.74) is 2.32. The zero-order valence-corrected chi connectivity index (χ0v) is 17.9. The summed E-state index contributed by atoms with van der Waals surface area (Å²) in [4.78, 5) is 0. The molecule has 0 amide bonds. The maximum absolute atomic E-state index is 9.63. The van der Waals surface area contributed by atoms with Gasteiger partial charge in [-0.2, -0.15) is 10.4 Å². The van der Waals surface area contributed by atoms with Crippen LogP contribution < -0.4 is 0 Å². The number of nitrogens with zero attached hydrogens (tertiary/aromatic N) is 3. The smallest absolute Gasteiger partial charge is 0.170 e. The van der Waals surface area contributed by atoms with E-state index >= 15 is 0 Å². The van der Waals surface area contributed by atoms with Crippen molar-refractivity contribution < 1.29 is 14.2 Å². The van der Waals surface area contributed by atoms with Crippen molar-refractivity contribution in [2.24, 2.45) is 0 Å². The zero-order chi connectivity index (χ0) is 19.7. The average molecular weight is 388 g/mol. The van der Waals surface area contributed by atoms with Crippen molar-refractivity contribution in [2.75, 3.05) is 13.2 Å². The number of ether oxygens (including phenoxy) is 3. The highest BCUT2D eigenvalue weighted by Crippen LogP contribution is 2.37. The monoisotopic (exact) mass is 387 g/mol. The summed E-state index contributed by atoms with van der Waals surface area (Å²) in [5, 5.41) is 15.0. The van der Waals surface area contributed by atoms with Crippen LogP contribution in [0.2, 0.25) is 25.7 Å². The van der Waals surface area contributed by atoms with Gasteiger partial charge in [0.15, 0.2) is 11.5 Å². The lowest BCUT2D eigenvalue weighted by Crippen LogP contribution is -2.36. The van der Waals surface area contributed by atoms with Crippen LogP contribution in [-0.4, -0.2) is 36.9 Å². The molecule has 2 aromatic rings. The number of rotatable bonds is 6. The lowest BCUT2D eigenvalue weighted by Gasteiger charge is -2.36. The van der Waals surface area contributed by atoms with Gasteiger partial charge in [-0.15, -0.1) is 0 Å². The van der Waals surface area contributed by atoms with Gasteiger partial charge in [0.05, 0.1) is 18.2 Å². The molecule has 0 radical (unpaired) electrons. The molecule has 146 valence electrons. The van der Waals surface area contributed by atoms with Gasteiger partial charge in [0.1, 0.15) is 12.8 Å². The van der Waals surface area contributed by atoms with Crippen LogP contribution >= 0.6 is 0 Å². The molecule has 0 saturated carbocycles. The van der Waals surface area contributed by atoms with Crippen molar-refractivity contribution in [3.63, 3.8) is 0 Å². The van der Waals surface area contributed by atoms with Gasteiger partial charge in [-0.05, 0) is 31.5 Å². The van der Waals surface area contributed by atoms with Crippen molar-refractivity contribution in [2.45, 2.75) is 64.6 Å². The van der Waals surface area contributed by atoms with Crippen LogP contribution in [0.3, 0.4) is 0 Å². The lowest BCUT2D eigenvalue weighted by molar-refractivity contribution is -0.275. The predicted molar refractivity (Wildman–Crippen MR) is 107 cm³/mol. The molecule has 7 heteroatoms. The minimum absolute atomic E-state index is 0.116. The molecule has 0 spiro atoms. The van der Waals surface area contributed by atoms with Crippen molar-refractivity contribution in [1.82, 2.24) is 9.78 Å².